The second-order valence-corrected chi connectivity index (χ2v) is 5.91. The van der Waals surface area contributed by atoms with Gasteiger partial charge in [0.1, 0.15) is 10.7 Å². The van der Waals surface area contributed by atoms with Gasteiger partial charge in [0.2, 0.25) is 0 Å². The van der Waals surface area contributed by atoms with Gasteiger partial charge in [0.25, 0.3) is 5.91 Å². The zero-order chi connectivity index (χ0) is 18.9. The number of anilines is 1. The molecule has 2 aromatic carbocycles. The molecule has 0 fully saturated rings. The Morgan fingerprint density at radius 2 is 1.62 bits per heavy atom. The molecule has 0 saturated heterocycles. The van der Waals surface area contributed by atoms with Crippen LogP contribution in [0.4, 0.5) is 18.9 Å². The number of halogens is 4. The molecule has 0 spiro atoms. The van der Waals surface area contributed by atoms with Crippen LogP contribution in [0.5, 0.6) is 0 Å². The van der Waals surface area contributed by atoms with Crippen molar-refractivity contribution in [3.8, 4) is 11.1 Å². The number of amides is 1. The number of hydrogen-bond acceptors (Lipinski definition) is 2. The van der Waals surface area contributed by atoms with Crippen LogP contribution in [0.25, 0.3) is 11.1 Å². The Hall–Kier alpha value is -2.80. The lowest BCUT2D eigenvalue weighted by Crippen LogP contribution is -2.16. The zero-order valence-corrected chi connectivity index (χ0v) is 14.3. The average molecular weight is 380 g/mol. The Bertz CT molecular complexity index is 935. The Morgan fingerprint density at radius 1 is 1.04 bits per heavy atom. The third-order valence-corrected chi connectivity index (χ3v) is 4.08. The van der Waals surface area contributed by atoms with Crippen LogP contribution in [0.15, 0.2) is 54.6 Å². The Kier molecular flexibility index (Phi) is 4.73. The molecular weight excluding hydrogens is 367 g/mol. The molecule has 0 radical (unpaired) electrons. The van der Waals surface area contributed by atoms with Gasteiger partial charge in [-0.3, -0.25) is 9.48 Å². The van der Waals surface area contributed by atoms with Crippen molar-refractivity contribution in [1.29, 1.82) is 0 Å². The quantitative estimate of drug-likeness (QED) is 0.695. The first-order valence-electron chi connectivity index (χ1n) is 7.54. The maximum atomic E-state index is 12.8. The van der Waals surface area contributed by atoms with E-state index >= 15 is 0 Å². The highest BCUT2D eigenvalue weighted by Crippen LogP contribution is 2.35. The summed E-state index contributed by atoms with van der Waals surface area (Å²) in [6.07, 6.45) is -4.73. The van der Waals surface area contributed by atoms with E-state index in [9.17, 15) is 18.0 Å². The smallest absolute Gasteiger partial charge is 0.321 e. The van der Waals surface area contributed by atoms with Crippen molar-refractivity contribution >= 4 is 23.2 Å². The van der Waals surface area contributed by atoms with Crippen LogP contribution in [-0.2, 0) is 13.2 Å². The molecule has 0 aliphatic heterocycles. The Balaban J connectivity index is 1.82. The fourth-order valence-electron chi connectivity index (χ4n) is 2.49. The predicted octanol–water partition coefficient (Wildman–Crippen LogP) is 5.01. The molecule has 0 aliphatic rings. The SMILES string of the molecule is Cn1nc(C(F)(F)F)c(Cl)c1C(=O)Nc1ccc(-c2ccccc2)cc1. The van der Waals surface area contributed by atoms with Crippen LogP contribution < -0.4 is 5.32 Å². The summed E-state index contributed by atoms with van der Waals surface area (Å²) in [5, 5.41) is 5.10. The summed E-state index contributed by atoms with van der Waals surface area (Å²) >= 11 is 5.72. The zero-order valence-electron chi connectivity index (χ0n) is 13.5. The molecule has 0 unspecified atom stereocenters. The fraction of sp³-hybridized carbons (Fsp3) is 0.111. The molecule has 3 rings (SSSR count). The standard InChI is InChI=1S/C18H13ClF3N3O/c1-25-15(14(19)16(24-25)18(20,21)22)17(26)23-13-9-7-12(8-10-13)11-5-3-2-4-6-11/h2-10H,1H3,(H,23,26). The largest absolute Gasteiger partial charge is 0.436 e. The lowest BCUT2D eigenvalue weighted by Gasteiger charge is -2.07. The first-order valence-corrected chi connectivity index (χ1v) is 7.91. The minimum absolute atomic E-state index is 0.355. The molecule has 1 heterocycles. The summed E-state index contributed by atoms with van der Waals surface area (Å²) < 4.78 is 39.4. The number of aryl methyl sites for hydroxylation is 1. The van der Waals surface area contributed by atoms with E-state index < -0.39 is 22.8 Å². The summed E-state index contributed by atoms with van der Waals surface area (Å²) in [5.41, 5.74) is 0.745. The molecule has 1 N–H and O–H groups in total. The van der Waals surface area contributed by atoms with E-state index in [0.29, 0.717) is 5.69 Å². The van der Waals surface area contributed by atoms with Crippen molar-refractivity contribution in [1.82, 2.24) is 9.78 Å². The minimum Gasteiger partial charge on any atom is -0.321 e. The van der Waals surface area contributed by atoms with Crippen molar-refractivity contribution < 1.29 is 18.0 Å². The maximum absolute atomic E-state index is 12.8. The van der Waals surface area contributed by atoms with Crippen molar-refractivity contribution in [2.75, 3.05) is 5.32 Å². The van der Waals surface area contributed by atoms with E-state index in [1.807, 2.05) is 30.3 Å². The molecule has 1 amide bonds. The van der Waals surface area contributed by atoms with Gasteiger partial charge >= 0.3 is 6.18 Å². The molecule has 3 aromatic rings. The van der Waals surface area contributed by atoms with Gasteiger partial charge in [0.05, 0.1) is 0 Å². The number of nitrogens with zero attached hydrogens (tertiary/aromatic N) is 2. The summed E-state index contributed by atoms with van der Waals surface area (Å²) in [4.78, 5) is 12.3. The predicted molar refractivity (Wildman–Crippen MR) is 93.1 cm³/mol. The van der Waals surface area contributed by atoms with Gasteiger partial charge in [-0.05, 0) is 23.3 Å². The summed E-state index contributed by atoms with van der Waals surface area (Å²) in [7, 11) is 1.23. The molecular formula is C18H13ClF3N3O. The molecule has 4 nitrogen and oxygen atoms in total. The first kappa shape index (κ1) is 18.0. The molecule has 0 bridgehead atoms. The van der Waals surface area contributed by atoms with E-state index in [1.54, 1.807) is 24.3 Å². The van der Waals surface area contributed by atoms with Gasteiger partial charge in [0.15, 0.2) is 5.69 Å². The van der Waals surface area contributed by atoms with Crippen LogP contribution in [0, 0.1) is 0 Å². The second kappa shape index (κ2) is 6.84. The highest BCUT2D eigenvalue weighted by atomic mass is 35.5. The molecule has 0 atom stereocenters. The van der Waals surface area contributed by atoms with Gasteiger partial charge < -0.3 is 5.32 Å². The number of alkyl halides is 3. The van der Waals surface area contributed by atoms with Crippen molar-refractivity contribution in [2.24, 2.45) is 7.05 Å². The van der Waals surface area contributed by atoms with Gasteiger partial charge in [0, 0.05) is 12.7 Å². The molecule has 1 aromatic heterocycles. The monoisotopic (exact) mass is 379 g/mol. The van der Waals surface area contributed by atoms with E-state index in [-0.39, 0.29) is 5.69 Å². The lowest BCUT2D eigenvalue weighted by atomic mass is 10.1. The Labute approximate surface area is 152 Å². The van der Waals surface area contributed by atoms with Crippen LogP contribution in [0.2, 0.25) is 5.02 Å². The van der Waals surface area contributed by atoms with Gasteiger partial charge in [-0.15, -0.1) is 0 Å². The highest BCUT2D eigenvalue weighted by molar-refractivity contribution is 6.34. The lowest BCUT2D eigenvalue weighted by molar-refractivity contribution is -0.141. The molecule has 0 aliphatic carbocycles. The van der Waals surface area contributed by atoms with Crippen LogP contribution >= 0.6 is 11.6 Å². The highest BCUT2D eigenvalue weighted by Gasteiger charge is 2.39. The second-order valence-electron chi connectivity index (χ2n) is 5.53. The number of carbonyl (C=O) groups excluding carboxylic acids is 1. The normalized spacial score (nSPS) is 11.4. The van der Waals surface area contributed by atoms with E-state index in [1.165, 1.54) is 7.05 Å². The molecule has 134 valence electrons. The number of aromatic nitrogens is 2. The average Bonchev–Trinajstić information content (AvgIpc) is 2.91. The van der Waals surface area contributed by atoms with Crippen LogP contribution in [-0.4, -0.2) is 15.7 Å². The van der Waals surface area contributed by atoms with E-state index in [2.05, 4.69) is 10.4 Å². The number of hydrogen-bond donors (Lipinski definition) is 1. The summed E-state index contributed by atoms with van der Waals surface area (Å²) in [6, 6.07) is 16.5. The number of rotatable bonds is 3. The van der Waals surface area contributed by atoms with Crippen molar-refractivity contribution in [2.45, 2.75) is 6.18 Å². The number of carbonyl (C=O) groups is 1. The van der Waals surface area contributed by atoms with Crippen LogP contribution in [0.1, 0.15) is 16.2 Å². The Morgan fingerprint density at radius 3 is 2.15 bits per heavy atom. The van der Waals surface area contributed by atoms with Gasteiger partial charge in [-0.1, -0.05) is 54.1 Å². The minimum atomic E-state index is -4.73. The van der Waals surface area contributed by atoms with Gasteiger partial charge in [-0.25, -0.2) is 0 Å². The third-order valence-electron chi connectivity index (χ3n) is 3.72. The topological polar surface area (TPSA) is 46.9 Å². The number of benzene rings is 2. The van der Waals surface area contributed by atoms with E-state index in [4.69, 9.17) is 11.6 Å². The van der Waals surface area contributed by atoms with E-state index in [0.717, 1.165) is 15.8 Å². The molecule has 0 saturated carbocycles. The van der Waals surface area contributed by atoms with Crippen LogP contribution in [0.3, 0.4) is 0 Å². The summed E-state index contributed by atoms with van der Waals surface area (Å²) in [6.45, 7) is 0. The van der Waals surface area contributed by atoms with Crippen molar-refractivity contribution in [3.63, 3.8) is 0 Å². The number of nitrogens with one attached hydrogen (secondary N) is 1. The summed E-state index contributed by atoms with van der Waals surface area (Å²) in [5.74, 6) is -0.770. The molecule has 26 heavy (non-hydrogen) atoms. The fourth-order valence-corrected chi connectivity index (χ4v) is 2.85. The first-order chi connectivity index (χ1) is 12.3. The third kappa shape index (κ3) is 3.57. The van der Waals surface area contributed by atoms with Gasteiger partial charge in [-0.2, -0.15) is 18.3 Å². The maximum Gasteiger partial charge on any atom is 0.436 e. The van der Waals surface area contributed by atoms with Crippen molar-refractivity contribution in [3.05, 3.63) is 71.0 Å². The molecule has 8 heteroatoms.